The van der Waals surface area contributed by atoms with Gasteiger partial charge in [-0.05, 0) is 36.5 Å². The molecule has 0 saturated carbocycles. The number of hydrogen-bond donors (Lipinski definition) is 2. The predicted octanol–water partition coefficient (Wildman–Crippen LogP) is 3.87. The number of rotatable bonds is 5. The summed E-state index contributed by atoms with van der Waals surface area (Å²) in [6.45, 7) is 4.39. The lowest BCUT2D eigenvalue weighted by molar-refractivity contribution is 0.457. The van der Waals surface area contributed by atoms with Crippen LogP contribution in [0.1, 0.15) is 30.6 Å². The van der Waals surface area contributed by atoms with Gasteiger partial charge in [0.15, 0.2) is 0 Å². The summed E-state index contributed by atoms with van der Waals surface area (Å²) in [5.74, 6) is 1.65. The first-order valence-electron chi connectivity index (χ1n) is 6.50. The van der Waals surface area contributed by atoms with Crippen molar-refractivity contribution in [2.75, 3.05) is 12.0 Å². The number of thioether (sulfide) groups is 1. The molecule has 18 heavy (non-hydrogen) atoms. The molecule has 2 aromatic rings. The van der Waals surface area contributed by atoms with Crippen molar-refractivity contribution in [2.24, 2.45) is 11.7 Å². The number of aromatic amines is 1. The first kappa shape index (κ1) is 13.5. The van der Waals surface area contributed by atoms with Crippen LogP contribution in [0.4, 0.5) is 0 Å². The number of para-hydroxylation sites is 1. The van der Waals surface area contributed by atoms with Crippen LogP contribution in [0.15, 0.2) is 24.3 Å². The molecule has 0 bridgehead atoms. The minimum absolute atomic E-state index is 0.106. The average Bonchev–Trinajstić information content (AvgIpc) is 2.73. The molecule has 3 N–H and O–H groups in total. The van der Waals surface area contributed by atoms with Crippen LogP contribution in [0.2, 0.25) is 0 Å². The Labute approximate surface area is 113 Å². The fourth-order valence-electron chi connectivity index (χ4n) is 2.56. The summed E-state index contributed by atoms with van der Waals surface area (Å²) >= 11 is 1.88. The Morgan fingerprint density at radius 1 is 1.33 bits per heavy atom. The van der Waals surface area contributed by atoms with Crippen molar-refractivity contribution in [3.8, 4) is 0 Å². The van der Waals surface area contributed by atoms with Crippen molar-refractivity contribution in [1.82, 2.24) is 4.98 Å². The summed E-state index contributed by atoms with van der Waals surface area (Å²) in [6.07, 6.45) is 3.27. The van der Waals surface area contributed by atoms with Crippen molar-refractivity contribution < 1.29 is 0 Å². The third-order valence-electron chi connectivity index (χ3n) is 3.75. The van der Waals surface area contributed by atoms with Crippen LogP contribution in [0, 0.1) is 12.8 Å². The molecule has 0 radical (unpaired) electrons. The van der Waals surface area contributed by atoms with Gasteiger partial charge in [0.2, 0.25) is 0 Å². The number of nitrogens with two attached hydrogens (primary N) is 1. The normalized spacial score (nSPS) is 14.9. The molecule has 0 aliphatic rings. The first-order valence-corrected chi connectivity index (χ1v) is 7.90. The largest absolute Gasteiger partial charge is 0.357 e. The highest BCUT2D eigenvalue weighted by Gasteiger charge is 2.21. The Kier molecular flexibility index (Phi) is 4.36. The van der Waals surface area contributed by atoms with Crippen LogP contribution in [0.3, 0.4) is 0 Å². The molecular weight excluding hydrogens is 240 g/mol. The van der Waals surface area contributed by atoms with Crippen molar-refractivity contribution in [3.05, 3.63) is 35.5 Å². The molecule has 0 spiro atoms. The lowest BCUT2D eigenvalue weighted by Gasteiger charge is -2.21. The van der Waals surface area contributed by atoms with E-state index in [1.807, 2.05) is 11.8 Å². The molecular formula is C15H22N2S. The quantitative estimate of drug-likeness (QED) is 0.859. The van der Waals surface area contributed by atoms with E-state index in [1.54, 1.807) is 0 Å². The fourth-order valence-corrected chi connectivity index (χ4v) is 3.43. The monoisotopic (exact) mass is 262 g/mol. The Morgan fingerprint density at radius 2 is 2.06 bits per heavy atom. The van der Waals surface area contributed by atoms with Gasteiger partial charge in [0.05, 0.1) is 0 Å². The maximum Gasteiger partial charge on any atom is 0.0487 e. The number of aromatic nitrogens is 1. The predicted molar refractivity (Wildman–Crippen MR) is 82.1 cm³/mol. The lowest BCUT2D eigenvalue weighted by Crippen LogP contribution is -2.23. The third-order valence-corrected chi connectivity index (χ3v) is 4.51. The Hall–Kier alpha value is -0.930. The van der Waals surface area contributed by atoms with E-state index in [0.717, 1.165) is 12.2 Å². The van der Waals surface area contributed by atoms with E-state index in [2.05, 4.69) is 49.4 Å². The van der Waals surface area contributed by atoms with E-state index in [1.165, 1.54) is 22.2 Å². The molecule has 3 heteroatoms. The van der Waals surface area contributed by atoms with Crippen molar-refractivity contribution in [1.29, 1.82) is 0 Å². The SMILES string of the molecule is CCC(CSC)C(N)c1[nH]c2ccccc2c1C. The second-order valence-corrected chi connectivity index (χ2v) is 5.77. The summed E-state index contributed by atoms with van der Waals surface area (Å²) in [7, 11) is 0. The molecule has 0 amide bonds. The molecule has 1 aromatic heterocycles. The van der Waals surface area contributed by atoms with E-state index < -0.39 is 0 Å². The Balaban J connectivity index is 2.37. The number of aryl methyl sites for hydroxylation is 1. The van der Waals surface area contributed by atoms with Gasteiger partial charge in [-0.3, -0.25) is 0 Å². The zero-order chi connectivity index (χ0) is 13.1. The van der Waals surface area contributed by atoms with Crippen molar-refractivity contribution in [3.63, 3.8) is 0 Å². The zero-order valence-electron chi connectivity index (χ0n) is 11.4. The molecule has 2 atom stereocenters. The molecule has 2 nitrogen and oxygen atoms in total. The molecule has 0 aliphatic heterocycles. The van der Waals surface area contributed by atoms with Gasteiger partial charge < -0.3 is 10.7 Å². The van der Waals surface area contributed by atoms with Gasteiger partial charge in [0, 0.05) is 22.6 Å². The van der Waals surface area contributed by atoms with E-state index in [0.29, 0.717) is 5.92 Å². The summed E-state index contributed by atoms with van der Waals surface area (Å²) in [5, 5.41) is 1.29. The third kappa shape index (κ3) is 2.43. The summed E-state index contributed by atoms with van der Waals surface area (Å²) in [4.78, 5) is 3.50. The second kappa shape index (κ2) is 5.81. The van der Waals surface area contributed by atoms with E-state index in [9.17, 15) is 0 Å². The van der Waals surface area contributed by atoms with Crippen LogP contribution >= 0.6 is 11.8 Å². The Morgan fingerprint density at radius 3 is 2.67 bits per heavy atom. The van der Waals surface area contributed by atoms with Crippen molar-refractivity contribution in [2.45, 2.75) is 26.3 Å². The molecule has 0 aliphatic carbocycles. The maximum atomic E-state index is 6.46. The van der Waals surface area contributed by atoms with Gasteiger partial charge in [-0.1, -0.05) is 31.5 Å². The number of fused-ring (bicyclic) bond motifs is 1. The molecule has 2 unspecified atom stereocenters. The molecule has 1 heterocycles. The summed E-state index contributed by atoms with van der Waals surface area (Å²) < 4.78 is 0. The molecule has 0 fully saturated rings. The van der Waals surface area contributed by atoms with E-state index >= 15 is 0 Å². The minimum atomic E-state index is 0.106. The Bertz CT molecular complexity index is 518. The highest BCUT2D eigenvalue weighted by molar-refractivity contribution is 7.98. The van der Waals surface area contributed by atoms with Crippen LogP contribution in [0.25, 0.3) is 10.9 Å². The van der Waals surface area contributed by atoms with Gasteiger partial charge >= 0.3 is 0 Å². The standard InChI is InChI=1S/C15H22N2S/c1-4-11(9-18-3)14(16)15-10(2)12-7-5-6-8-13(12)17-15/h5-8,11,14,17H,4,9,16H2,1-3H3. The minimum Gasteiger partial charge on any atom is -0.357 e. The number of nitrogens with one attached hydrogen (secondary N) is 1. The highest BCUT2D eigenvalue weighted by atomic mass is 32.2. The van der Waals surface area contributed by atoms with Crippen molar-refractivity contribution >= 4 is 22.7 Å². The zero-order valence-corrected chi connectivity index (χ0v) is 12.2. The second-order valence-electron chi connectivity index (χ2n) is 4.86. The molecule has 0 saturated heterocycles. The van der Waals surface area contributed by atoms with E-state index in [4.69, 9.17) is 5.73 Å². The van der Waals surface area contributed by atoms with Gasteiger partial charge in [-0.15, -0.1) is 0 Å². The molecule has 98 valence electrons. The smallest absolute Gasteiger partial charge is 0.0487 e. The maximum absolute atomic E-state index is 6.46. The van der Waals surface area contributed by atoms with Gasteiger partial charge in [-0.2, -0.15) is 11.8 Å². The van der Waals surface area contributed by atoms with Crippen LogP contribution in [-0.2, 0) is 0 Å². The van der Waals surface area contributed by atoms with Gasteiger partial charge in [-0.25, -0.2) is 0 Å². The fraction of sp³-hybridized carbons (Fsp3) is 0.467. The summed E-state index contributed by atoms with van der Waals surface area (Å²) in [6, 6.07) is 8.53. The number of benzene rings is 1. The van der Waals surface area contributed by atoms with E-state index in [-0.39, 0.29) is 6.04 Å². The van der Waals surface area contributed by atoms with Gasteiger partial charge in [0.25, 0.3) is 0 Å². The van der Waals surface area contributed by atoms with Crippen LogP contribution in [0.5, 0.6) is 0 Å². The molecule has 2 rings (SSSR count). The summed E-state index contributed by atoms with van der Waals surface area (Å²) in [5.41, 5.74) is 10.2. The van der Waals surface area contributed by atoms with Crippen LogP contribution < -0.4 is 5.73 Å². The topological polar surface area (TPSA) is 41.8 Å². The molecule has 1 aromatic carbocycles. The highest BCUT2D eigenvalue weighted by Crippen LogP contribution is 2.30. The lowest BCUT2D eigenvalue weighted by atomic mass is 9.95. The average molecular weight is 262 g/mol. The number of H-pyrrole nitrogens is 1. The van der Waals surface area contributed by atoms with Gasteiger partial charge in [0.1, 0.15) is 0 Å². The van der Waals surface area contributed by atoms with Crippen LogP contribution in [-0.4, -0.2) is 17.0 Å². The first-order chi connectivity index (χ1) is 8.69. The number of hydrogen-bond acceptors (Lipinski definition) is 2.